The molecule has 0 spiro atoms. The van der Waals surface area contributed by atoms with Gasteiger partial charge in [-0.25, -0.2) is 4.39 Å². The van der Waals surface area contributed by atoms with E-state index in [0.717, 1.165) is 0 Å². The Morgan fingerprint density at radius 2 is 2.20 bits per heavy atom. The molecule has 0 N–H and O–H groups in total. The minimum atomic E-state index is -0.345. The van der Waals surface area contributed by atoms with Gasteiger partial charge >= 0.3 is 0 Å². The van der Waals surface area contributed by atoms with E-state index in [2.05, 4.69) is 6.07 Å². The van der Waals surface area contributed by atoms with Crippen LogP contribution < -0.4 is 4.84 Å². The van der Waals surface area contributed by atoms with Crippen LogP contribution >= 0.6 is 0 Å². The quantitative estimate of drug-likeness (QED) is 0.712. The summed E-state index contributed by atoms with van der Waals surface area (Å²) in [7, 11) is 1.48. The molecular weight excluding hydrogens is 195 g/mol. The van der Waals surface area contributed by atoms with Gasteiger partial charge in [0, 0.05) is 11.5 Å². The summed E-state index contributed by atoms with van der Waals surface area (Å²) in [6.45, 7) is 1.76. The first-order valence-electron chi connectivity index (χ1n) is 4.44. The highest BCUT2D eigenvalue weighted by Crippen LogP contribution is 2.24. The molecule has 0 aliphatic carbocycles. The average Bonchev–Trinajstić information content (AvgIpc) is 2.48. The molecule has 0 fully saturated rings. The predicted molar refractivity (Wildman–Crippen MR) is 53.9 cm³/mol. The molecule has 0 bridgehead atoms. The number of nitrogens with zero attached hydrogens (tertiary/aromatic N) is 2. The molecule has 0 aliphatic heterocycles. The van der Waals surface area contributed by atoms with Gasteiger partial charge in [-0.2, -0.15) is 9.99 Å². The van der Waals surface area contributed by atoms with Crippen LogP contribution in [-0.2, 0) is 0 Å². The van der Waals surface area contributed by atoms with Crippen LogP contribution in [0.5, 0.6) is 0 Å². The molecule has 0 amide bonds. The van der Waals surface area contributed by atoms with E-state index in [1.54, 1.807) is 13.0 Å². The first-order valence-corrected chi connectivity index (χ1v) is 4.44. The fraction of sp³-hybridized carbons (Fsp3) is 0.182. The van der Waals surface area contributed by atoms with Crippen molar-refractivity contribution in [2.45, 2.75) is 6.92 Å². The Hall–Kier alpha value is -2.02. The summed E-state index contributed by atoms with van der Waals surface area (Å²) in [6, 6.07) is 6.37. The van der Waals surface area contributed by atoms with Crippen molar-refractivity contribution in [3.8, 4) is 6.07 Å². The summed E-state index contributed by atoms with van der Waals surface area (Å²) in [5, 5.41) is 9.69. The van der Waals surface area contributed by atoms with E-state index in [1.807, 2.05) is 0 Å². The van der Waals surface area contributed by atoms with Gasteiger partial charge in [-0.1, -0.05) is 0 Å². The smallest absolute Gasteiger partial charge is 0.125 e. The Morgan fingerprint density at radius 3 is 2.80 bits per heavy atom. The second-order valence-electron chi connectivity index (χ2n) is 3.21. The van der Waals surface area contributed by atoms with Crippen molar-refractivity contribution in [1.29, 1.82) is 5.26 Å². The van der Waals surface area contributed by atoms with Crippen LogP contribution in [0.2, 0.25) is 0 Å². The third-order valence-corrected chi connectivity index (χ3v) is 2.41. The zero-order valence-corrected chi connectivity index (χ0v) is 8.41. The van der Waals surface area contributed by atoms with Gasteiger partial charge in [-0.15, -0.1) is 0 Å². The second kappa shape index (κ2) is 3.28. The summed E-state index contributed by atoms with van der Waals surface area (Å²) >= 11 is 0. The van der Waals surface area contributed by atoms with Crippen LogP contribution in [0.4, 0.5) is 4.39 Å². The normalized spacial score (nSPS) is 10.3. The van der Waals surface area contributed by atoms with E-state index in [-0.39, 0.29) is 5.82 Å². The van der Waals surface area contributed by atoms with Crippen LogP contribution in [0.1, 0.15) is 11.3 Å². The maximum atomic E-state index is 13.0. The van der Waals surface area contributed by atoms with Crippen LogP contribution in [0, 0.1) is 24.1 Å². The van der Waals surface area contributed by atoms with Crippen LogP contribution in [-0.4, -0.2) is 11.8 Å². The van der Waals surface area contributed by atoms with Gasteiger partial charge in [0.2, 0.25) is 0 Å². The van der Waals surface area contributed by atoms with Crippen molar-refractivity contribution in [1.82, 2.24) is 4.73 Å². The first kappa shape index (κ1) is 9.53. The summed E-state index contributed by atoms with van der Waals surface area (Å²) in [6.07, 6.45) is 0. The Bertz CT molecular complexity index is 566. The molecule has 0 unspecified atom stereocenters. The number of fused-ring (bicyclic) bond motifs is 1. The fourth-order valence-electron chi connectivity index (χ4n) is 1.74. The maximum Gasteiger partial charge on any atom is 0.125 e. The molecule has 1 heterocycles. The molecule has 1 aromatic carbocycles. The molecule has 3 nitrogen and oxygen atoms in total. The van der Waals surface area contributed by atoms with Gasteiger partial charge in [-0.3, -0.25) is 0 Å². The highest BCUT2D eigenvalue weighted by Gasteiger charge is 2.14. The minimum Gasteiger partial charge on any atom is -0.417 e. The van der Waals surface area contributed by atoms with Gasteiger partial charge in [0.25, 0.3) is 0 Å². The van der Waals surface area contributed by atoms with Gasteiger partial charge < -0.3 is 4.84 Å². The van der Waals surface area contributed by atoms with Gasteiger partial charge in [-0.05, 0) is 19.1 Å². The molecule has 4 heteroatoms. The molecule has 1 aromatic heterocycles. The van der Waals surface area contributed by atoms with Crippen LogP contribution in [0.25, 0.3) is 10.9 Å². The lowest BCUT2D eigenvalue weighted by Crippen LogP contribution is -2.07. The van der Waals surface area contributed by atoms with Crippen molar-refractivity contribution in [2.75, 3.05) is 7.11 Å². The highest BCUT2D eigenvalue weighted by molar-refractivity contribution is 5.87. The second-order valence-corrected chi connectivity index (χ2v) is 3.21. The maximum absolute atomic E-state index is 13.0. The van der Waals surface area contributed by atoms with Gasteiger partial charge in [0.05, 0.1) is 16.8 Å². The Kier molecular flexibility index (Phi) is 2.09. The molecular formula is C11H9FN2O. The van der Waals surface area contributed by atoms with Crippen molar-refractivity contribution in [3.63, 3.8) is 0 Å². The molecule has 0 saturated carbocycles. The zero-order chi connectivity index (χ0) is 11.0. The molecule has 0 radical (unpaired) electrons. The Labute approximate surface area is 86.3 Å². The van der Waals surface area contributed by atoms with Crippen molar-refractivity contribution in [2.24, 2.45) is 0 Å². The Balaban J connectivity index is 2.93. The predicted octanol–water partition coefficient (Wildman–Crippen LogP) is 2.02. The molecule has 0 saturated heterocycles. The largest absolute Gasteiger partial charge is 0.417 e. The van der Waals surface area contributed by atoms with Gasteiger partial charge in [0.1, 0.15) is 19.0 Å². The average molecular weight is 204 g/mol. The third kappa shape index (κ3) is 1.24. The number of benzene rings is 1. The van der Waals surface area contributed by atoms with E-state index >= 15 is 0 Å². The minimum absolute atomic E-state index is 0.345. The number of halogens is 1. The number of hydrogen-bond donors (Lipinski definition) is 0. The topological polar surface area (TPSA) is 38.0 Å². The van der Waals surface area contributed by atoms with E-state index in [1.165, 1.54) is 24.0 Å². The van der Waals surface area contributed by atoms with E-state index in [9.17, 15) is 4.39 Å². The number of hydrogen-bond acceptors (Lipinski definition) is 2. The van der Waals surface area contributed by atoms with Crippen LogP contribution in [0.15, 0.2) is 18.2 Å². The number of rotatable bonds is 1. The summed E-state index contributed by atoms with van der Waals surface area (Å²) in [4.78, 5) is 5.09. The molecule has 2 rings (SSSR count). The lowest BCUT2D eigenvalue weighted by atomic mass is 10.1. The summed E-state index contributed by atoms with van der Waals surface area (Å²) in [5.74, 6) is -0.345. The van der Waals surface area contributed by atoms with E-state index in [0.29, 0.717) is 22.2 Å². The lowest BCUT2D eigenvalue weighted by Gasteiger charge is -2.04. The summed E-state index contributed by atoms with van der Waals surface area (Å²) < 4.78 is 14.5. The van der Waals surface area contributed by atoms with Crippen molar-refractivity contribution in [3.05, 3.63) is 35.3 Å². The fourth-order valence-corrected chi connectivity index (χ4v) is 1.74. The Morgan fingerprint density at radius 1 is 1.47 bits per heavy atom. The number of nitriles is 1. The first-order chi connectivity index (χ1) is 7.19. The van der Waals surface area contributed by atoms with Crippen molar-refractivity contribution < 1.29 is 9.23 Å². The molecule has 0 aliphatic rings. The monoisotopic (exact) mass is 204 g/mol. The zero-order valence-electron chi connectivity index (χ0n) is 8.41. The molecule has 0 atom stereocenters. The SMILES string of the molecule is COn1c(C)c(C#N)c2ccc(F)cc21. The highest BCUT2D eigenvalue weighted by atomic mass is 19.1. The molecule has 2 aromatic rings. The van der Waals surface area contributed by atoms with Crippen LogP contribution in [0.3, 0.4) is 0 Å². The summed E-state index contributed by atoms with van der Waals surface area (Å²) in [5.41, 5.74) is 1.78. The molecule has 15 heavy (non-hydrogen) atoms. The van der Waals surface area contributed by atoms with Crippen molar-refractivity contribution >= 4 is 10.9 Å². The van der Waals surface area contributed by atoms with Gasteiger partial charge in [0.15, 0.2) is 0 Å². The lowest BCUT2D eigenvalue weighted by molar-refractivity contribution is 0.173. The standard InChI is InChI=1S/C11H9FN2O/c1-7-10(6-13)9-4-3-8(12)5-11(9)14(7)15-2/h3-5H,1-2H3. The molecule has 76 valence electrons. The number of aromatic nitrogens is 1. The van der Waals surface area contributed by atoms with E-state index in [4.69, 9.17) is 10.1 Å². The van der Waals surface area contributed by atoms with E-state index < -0.39 is 0 Å². The third-order valence-electron chi connectivity index (χ3n) is 2.41.